The number of piperazine rings is 1. The van der Waals surface area contributed by atoms with E-state index in [1.807, 2.05) is 0 Å². The van der Waals surface area contributed by atoms with Gasteiger partial charge in [-0.2, -0.15) is 4.31 Å². The van der Waals surface area contributed by atoms with Gasteiger partial charge in [-0.1, -0.05) is 13.8 Å². The molecule has 0 bridgehead atoms. The quantitative estimate of drug-likeness (QED) is 0.518. The second-order valence-electron chi connectivity index (χ2n) is 10.8. The minimum Gasteiger partial charge on any atom is -0.370 e. The molecular formula is C23H37N5O5S2. The van der Waals surface area contributed by atoms with Crippen LogP contribution in [0, 0.1) is 10.8 Å². The molecule has 3 aliphatic heterocycles. The van der Waals surface area contributed by atoms with Crippen LogP contribution in [0.25, 0.3) is 0 Å². The largest absolute Gasteiger partial charge is 0.370 e. The summed E-state index contributed by atoms with van der Waals surface area (Å²) in [6.45, 7) is 9.36. The molecule has 1 aromatic carbocycles. The predicted molar refractivity (Wildman–Crippen MR) is 138 cm³/mol. The van der Waals surface area contributed by atoms with Crippen LogP contribution in [0.15, 0.2) is 24.3 Å². The Kier molecular flexibility index (Phi) is 6.88. The number of benzene rings is 1. The van der Waals surface area contributed by atoms with Gasteiger partial charge in [0, 0.05) is 81.1 Å². The van der Waals surface area contributed by atoms with Gasteiger partial charge in [-0.05, 0) is 24.3 Å². The molecule has 1 amide bonds. The van der Waals surface area contributed by atoms with Crippen LogP contribution in [0.3, 0.4) is 0 Å². The number of sulfone groups is 1. The van der Waals surface area contributed by atoms with Crippen LogP contribution < -0.4 is 15.5 Å². The highest BCUT2D eigenvalue weighted by Gasteiger charge is 2.58. The molecule has 0 aliphatic carbocycles. The van der Waals surface area contributed by atoms with E-state index in [1.165, 1.54) is 10.6 Å². The molecule has 3 aliphatic rings. The van der Waals surface area contributed by atoms with Crippen molar-refractivity contribution in [2.24, 2.45) is 16.6 Å². The number of amides is 1. The molecular weight excluding hydrogens is 490 g/mol. The van der Waals surface area contributed by atoms with Crippen molar-refractivity contribution in [2.75, 3.05) is 86.5 Å². The minimum absolute atomic E-state index is 0.0235. The average Bonchev–Trinajstić information content (AvgIpc) is 3.17. The molecule has 0 radical (unpaired) electrons. The SMILES string of the molecule is C[C@@]12CN(C(=O)CS(=O)(=O)CCN)C[C@]1(C)CN(c1ccc(N3CCN(S(C)(=O)=O)CC3)cc1)C2. The van der Waals surface area contributed by atoms with E-state index in [0.717, 1.165) is 24.5 Å². The number of anilines is 2. The van der Waals surface area contributed by atoms with Crippen LogP contribution in [0.2, 0.25) is 0 Å². The Balaban J connectivity index is 1.38. The van der Waals surface area contributed by atoms with Crippen molar-refractivity contribution < 1.29 is 21.6 Å². The van der Waals surface area contributed by atoms with Crippen molar-refractivity contribution in [1.29, 1.82) is 0 Å². The lowest BCUT2D eigenvalue weighted by Crippen LogP contribution is -2.48. The summed E-state index contributed by atoms with van der Waals surface area (Å²) in [6, 6.07) is 8.38. The summed E-state index contributed by atoms with van der Waals surface area (Å²) < 4.78 is 49.2. The Bertz CT molecular complexity index is 1150. The molecule has 0 aromatic heterocycles. The second kappa shape index (κ2) is 9.20. The molecule has 1 aromatic rings. The second-order valence-corrected chi connectivity index (χ2v) is 14.9. The van der Waals surface area contributed by atoms with Gasteiger partial charge < -0.3 is 20.4 Å². The first kappa shape index (κ1) is 26.2. The van der Waals surface area contributed by atoms with Crippen LogP contribution in [0.5, 0.6) is 0 Å². The highest BCUT2D eigenvalue weighted by molar-refractivity contribution is 7.92. The lowest BCUT2D eigenvalue weighted by molar-refractivity contribution is -0.128. The van der Waals surface area contributed by atoms with Crippen LogP contribution in [0.1, 0.15) is 13.8 Å². The van der Waals surface area contributed by atoms with Crippen LogP contribution in [-0.4, -0.2) is 109 Å². The Morgan fingerprint density at radius 3 is 1.80 bits per heavy atom. The van der Waals surface area contributed by atoms with E-state index in [4.69, 9.17) is 5.73 Å². The first-order valence-electron chi connectivity index (χ1n) is 12.0. The van der Waals surface area contributed by atoms with E-state index in [1.54, 1.807) is 4.90 Å². The smallest absolute Gasteiger partial charge is 0.237 e. The van der Waals surface area contributed by atoms with E-state index >= 15 is 0 Å². The molecule has 2 atom stereocenters. The zero-order valence-electron chi connectivity index (χ0n) is 20.8. The van der Waals surface area contributed by atoms with Gasteiger partial charge >= 0.3 is 0 Å². The Morgan fingerprint density at radius 2 is 1.34 bits per heavy atom. The predicted octanol–water partition coefficient (Wildman–Crippen LogP) is -0.183. The summed E-state index contributed by atoms with van der Waals surface area (Å²) in [6.07, 6.45) is 1.25. The fourth-order valence-electron chi connectivity index (χ4n) is 5.70. The van der Waals surface area contributed by atoms with Crippen molar-refractivity contribution in [1.82, 2.24) is 9.21 Å². The molecule has 0 saturated carbocycles. The van der Waals surface area contributed by atoms with Gasteiger partial charge in [0.05, 0.1) is 12.0 Å². The standard InChI is InChI=1S/C23H37N5O5S2/c1-22-15-26(16-23(22,2)18-27(17-22)21(29)14-35(32,33)13-8-24)20-6-4-19(5-7-20)25-9-11-28(12-10-25)34(3,30)31/h4-7H,8-18,24H2,1-3H3/t22-,23+. The van der Waals surface area contributed by atoms with Gasteiger partial charge in [0.15, 0.2) is 9.84 Å². The number of likely N-dealkylation sites (tertiary alicyclic amines) is 1. The van der Waals surface area contributed by atoms with E-state index in [0.29, 0.717) is 39.3 Å². The van der Waals surface area contributed by atoms with E-state index in [-0.39, 0.29) is 29.0 Å². The topological polar surface area (TPSA) is 124 Å². The number of nitrogens with two attached hydrogens (primary N) is 1. The molecule has 0 spiro atoms. The lowest BCUT2D eigenvalue weighted by Gasteiger charge is -2.35. The third-order valence-electron chi connectivity index (χ3n) is 8.03. The number of rotatable bonds is 7. The van der Waals surface area contributed by atoms with Gasteiger partial charge in [-0.15, -0.1) is 0 Å². The van der Waals surface area contributed by atoms with Crippen molar-refractivity contribution in [2.45, 2.75) is 13.8 Å². The molecule has 4 rings (SSSR count). The fourth-order valence-corrected chi connectivity index (χ4v) is 7.59. The first-order chi connectivity index (χ1) is 16.3. The monoisotopic (exact) mass is 527 g/mol. The molecule has 3 fully saturated rings. The number of hydrogen-bond acceptors (Lipinski definition) is 8. The summed E-state index contributed by atoms with van der Waals surface area (Å²) in [5, 5.41) is 0. The normalized spacial score (nSPS) is 27.9. The number of fused-ring (bicyclic) bond motifs is 1. The number of nitrogens with zero attached hydrogens (tertiary/aromatic N) is 4. The Hall–Kier alpha value is -1.89. The number of hydrogen-bond donors (Lipinski definition) is 1. The highest BCUT2D eigenvalue weighted by atomic mass is 32.2. The molecule has 196 valence electrons. The fraction of sp³-hybridized carbons (Fsp3) is 0.696. The summed E-state index contributed by atoms with van der Waals surface area (Å²) in [7, 11) is -6.62. The molecule has 10 nitrogen and oxygen atoms in total. The van der Waals surface area contributed by atoms with Crippen LogP contribution in [-0.2, 0) is 24.7 Å². The number of sulfonamides is 1. The van der Waals surface area contributed by atoms with Crippen molar-refractivity contribution in [3.05, 3.63) is 24.3 Å². The van der Waals surface area contributed by atoms with Crippen molar-refractivity contribution in [3.8, 4) is 0 Å². The Morgan fingerprint density at radius 1 is 0.857 bits per heavy atom. The maximum atomic E-state index is 12.7. The highest BCUT2D eigenvalue weighted by Crippen LogP contribution is 2.52. The van der Waals surface area contributed by atoms with E-state index < -0.39 is 25.6 Å². The Labute approximate surface area is 209 Å². The first-order valence-corrected chi connectivity index (χ1v) is 15.7. The van der Waals surface area contributed by atoms with Crippen LogP contribution >= 0.6 is 0 Å². The van der Waals surface area contributed by atoms with Gasteiger partial charge in [0.25, 0.3) is 0 Å². The molecule has 0 unspecified atom stereocenters. The molecule has 3 saturated heterocycles. The summed E-state index contributed by atoms with van der Waals surface area (Å²) >= 11 is 0. The molecule has 3 heterocycles. The third kappa shape index (κ3) is 5.30. The maximum Gasteiger partial charge on any atom is 0.237 e. The third-order valence-corrected chi connectivity index (χ3v) is 10.9. The number of carbonyl (C=O) groups is 1. The minimum atomic E-state index is -3.47. The average molecular weight is 528 g/mol. The van der Waals surface area contributed by atoms with E-state index in [9.17, 15) is 21.6 Å². The van der Waals surface area contributed by atoms with Crippen LogP contribution in [0.4, 0.5) is 11.4 Å². The van der Waals surface area contributed by atoms with Gasteiger partial charge in [0.1, 0.15) is 5.75 Å². The molecule has 2 N–H and O–H groups in total. The molecule has 35 heavy (non-hydrogen) atoms. The zero-order chi connectivity index (χ0) is 25.6. The zero-order valence-corrected chi connectivity index (χ0v) is 22.4. The lowest BCUT2D eigenvalue weighted by atomic mass is 9.71. The van der Waals surface area contributed by atoms with E-state index in [2.05, 4.69) is 47.9 Å². The van der Waals surface area contributed by atoms with Gasteiger partial charge in [-0.3, -0.25) is 4.79 Å². The summed E-state index contributed by atoms with van der Waals surface area (Å²) in [5.41, 5.74) is 7.28. The maximum absolute atomic E-state index is 12.7. The van der Waals surface area contributed by atoms with Gasteiger partial charge in [-0.25, -0.2) is 16.8 Å². The summed E-state index contributed by atoms with van der Waals surface area (Å²) in [5.74, 6) is -0.972. The molecule has 12 heteroatoms. The number of carbonyl (C=O) groups excluding carboxylic acids is 1. The van der Waals surface area contributed by atoms with Crippen molar-refractivity contribution in [3.63, 3.8) is 0 Å². The van der Waals surface area contributed by atoms with Gasteiger partial charge in [0.2, 0.25) is 15.9 Å². The van der Waals surface area contributed by atoms with Crippen molar-refractivity contribution >= 4 is 37.1 Å². The summed E-state index contributed by atoms with van der Waals surface area (Å²) in [4.78, 5) is 19.0.